The van der Waals surface area contributed by atoms with Crippen molar-refractivity contribution in [3.63, 3.8) is 0 Å². The molecule has 1 aromatic carbocycles. The quantitative estimate of drug-likeness (QED) is 0.0297. The van der Waals surface area contributed by atoms with Crippen LogP contribution in [-0.4, -0.2) is 9.65 Å². The highest BCUT2D eigenvalue weighted by Gasteiger charge is 2.25. The fourth-order valence-corrected chi connectivity index (χ4v) is 15.4. The zero-order chi connectivity index (χ0) is 42.7. The van der Waals surface area contributed by atoms with Crippen molar-refractivity contribution in [3.8, 4) is 19.5 Å². The van der Waals surface area contributed by atoms with E-state index >= 15 is 0 Å². The van der Waals surface area contributed by atoms with Crippen LogP contribution < -0.4 is 0 Å². The minimum Gasteiger partial charge on any atom is -0.143 e. The van der Waals surface area contributed by atoms with Gasteiger partial charge in [-0.25, -0.2) is 0 Å². The molecule has 4 atom stereocenters. The highest BCUT2D eigenvalue weighted by atomic mass is 79.9. The topological polar surface area (TPSA) is 0 Å². The third-order valence-electron chi connectivity index (χ3n) is 13.1. The van der Waals surface area contributed by atoms with E-state index in [0.29, 0.717) is 21.5 Å². The van der Waals surface area contributed by atoms with E-state index < -0.39 is 0 Å². The number of halogens is 2. The molecule has 4 unspecified atom stereocenters. The summed E-state index contributed by atoms with van der Waals surface area (Å²) in [5.41, 5.74) is 6.46. The van der Waals surface area contributed by atoms with Crippen LogP contribution >= 0.6 is 77.2 Å². The van der Waals surface area contributed by atoms with Crippen LogP contribution in [0.5, 0.6) is 0 Å². The lowest BCUT2D eigenvalue weighted by Crippen LogP contribution is -2.03. The van der Waals surface area contributed by atoms with Crippen LogP contribution in [0.2, 0.25) is 0 Å². The number of hydrogen-bond donors (Lipinski definition) is 0. The summed E-state index contributed by atoms with van der Waals surface area (Å²) in [6.45, 7) is 14.0. The van der Waals surface area contributed by atoms with Crippen molar-refractivity contribution in [1.82, 2.24) is 0 Å². The smallest absolute Gasteiger partial charge is 0.0477 e. The van der Waals surface area contributed by atoms with Gasteiger partial charge in [0.25, 0.3) is 0 Å². The van der Waals surface area contributed by atoms with Gasteiger partial charge >= 0.3 is 0 Å². The summed E-state index contributed by atoms with van der Waals surface area (Å²) in [6.07, 6.45) is 34.9. The maximum Gasteiger partial charge on any atom is 0.0477 e. The first kappa shape index (κ1) is 50.5. The molecule has 0 spiro atoms. The average Bonchev–Trinajstić information content (AvgIpc) is 4.07. The minimum atomic E-state index is 0.526. The van der Waals surface area contributed by atoms with E-state index in [-0.39, 0.29) is 0 Å². The van der Waals surface area contributed by atoms with Crippen molar-refractivity contribution in [2.45, 2.75) is 230 Å². The second kappa shape index (κ2) is 27.7. The number of alkyl halides is 2. The van der Waals surface area contributed by atoms with Crippen molar-refractivity contribution < 1.29 is 0 Å². The molecule has 0 fully saturated rings. The average molecular weight is 1020 g/mol. The van der Waals surface area contributed by atoms with Gasteiger partial charge in [-0.2, -0.15) is 0 Å². The standard InChI is InChI=1S/C54H80Br2S4/c1-7-11-13-15-17-19-21-23-25-27-29-45-47-37-49(53-43(31-33-57-53)41(9-3)35-39(5)55)60-52(47)46(30-28-26-24-22-20-18-16-14-12-8-2)48-38-50(59-51(45)48)54-44(32-34-58-54)42(10-4)36-40(6)56/h31-34,37-42H,7-30,35-36H2,1-6H3. The lowest BCUT2D eigenvalue weighted by molar-refractivity contribution is 0.556. The van der Waals surface area contributed by atoms with Crippen LogP contribution in [0.4, 0.5) is 0 Å². The van der Waals surface area contributed by atoms with Crippen LogP contribution in [0.25, 0.3) is 39.7 Å². The molecular formula is C54H80Br2S4. The first-order valence-corrected chi connectivity index (χ1v) is 30.0. The van der Waals surface area contributed by atoms with Crippen molar-refractivity contribution in [2.75, 3.05) is 0 Å². The Bertz CT molecular complexity index is 1730. The summed E-state index contributed by atoms with van der Waals surface area (Å²) in [6, 6.07) is 10.2. The number of hydrogen-bond acceptors (Lipinski definition) is 4. The zero-order valence-corrected chi connectivity index (χ0v) is 45.0. The number of benzene rings is 1. The normalized spacial score (nSPS) is 14.1. The largest absolute Gasteiger partial charge is 0.143 e. The van der Waals surface area contributed by atoms with Gasteiger partial charge in [-0.3, -0.25) is 0 Å². The van der Waals surface area contributed by atoms with Crippen LogP contribution in [0, 0.1) is 0 Å². The number of aryl methyl sites for hydroxylation is 2. The Kier molecular flexibility index (Phi) is 23.3. The van der Waals surface area contributed by atoms with Gasteiger partial charge in [0.15, 0.2) is 0 Å². The van der Waals surface area contributed by atoms with Crippen molar-refractivity contribution in [3.05, 3.63) is 57.3 Å². The van der Waals surface area contributed by atoms with Crippen LogP contribution in [0.15, 0.2) is 35.0 Å². The third kappa shape index (κ3) is 14.8. The van der Waals surface area contributed by atoms with E-state index in [1.165, 1.54) is 186 Å². The molecule has 0 amide bonds. The van der Waals surface area contributed by atoms with E-state index in [2.05, 4.69) is 131 Å². The van der Waals surface area contributed by atoms with Gasteiger partial charge in [0.2, 0.25) is 0 Å². The summed E-state index contributed by atoms with van der Waals surface area (Å²) in [5.74, 6) is 1.18. The second-order valence-electron chi connectivity index (χ2n) is 18.2. The second-order valence-corrected chi connectivity index (χ2v) is 25.2. The van der Waals surface area contributed by atoms with Crippen LogP contribution in [0.3, 0.4) is 0 Å². The Morgan fingerprint density at radius 2 is 0.800 bits per heavy atom. The molecule has 0 N–H and O–H groups in total. The molecule has 4 heterocycles. The predicted molar refractivity (Wildman–Crippen MR) is 287 cm³/mol. The monoisotopic (exact) mass is 1010 g/mol. The molecule has 4 aromatic heterocycles. The van der Waals surface area contributed by atoms with Crippen LogP contribution in [0.1, 0.15) is 230 Å². The van der Waals surface area contributed by atoms with Gasteiger partial charge < -0.3 is 0 Å². The van der Waals surface area contributed by atoms with E-state index in [1.54, 1.807) is 42.4 Å². The van der Waals surface area contributed by atoms with Crippen molar-refractivity contribution in [1.29, 1.82) is 0 Å². The highest BCUT2D eigenvalue weighted by Crippen LogP contribution is 2.51. The SMILES string of the molecule is CCCCCCCCCCCCc1c2cc(-c3sccc3C(CC)CC(C)Br)sc2c(CCCCCCCCCCCC)c2cc(-c3sccc3C(CC)CC(C)Br)sc12. The Morgan fingerprint density at radius 1 is 0.467 bits per heavy atom. The first-order chi connectivity index (χ1) is 29.3. The molecular weight excluding hydrogens is 937 g/mol. The number of fused-ring (bicyclic) bond motifs is 2. The molecule has 0 saturated carbocycles. The molecule has 0 aliphatic rings. The molecule has 0 saturated heterocycles. The third-order valence-corrected chi connectivity index (χ3v) is 18.5. The van der Waals surface area contributed by atoms with Gasteiger partial charge in [-0.15, -0.1) is 45.3 Å². The Hall–Kier alpha value is -0.500. The fourth-order valence-electron chi connectivity index (χ4n) is 9.71. The van der Waals surface area contributed by atoms with Gasteiger partial charge in [-0.1, -0.05) is 189 Å². The molecule has 0 aliphatic heterocycles. The summed E-state index contributed by atoms with van der Waals surface area (Å²) >= 11 is 16.1. The summed E-state index contributed by atoms with van der Waals surface area (Å²) in [7, 11) is 0. The molecule has 5 aromatic rings. The molecule has 0 radical (unpaired) electrons. The summed E-state index contributed by atoms with van der Waals surface area (Å²) in [4.78, 5) is 7.14. The molecule has 5 rings (SSSR count). The fraction of sp³-hybridized carbons (Fsp3) is 0.667. The Morgan fingerprint density at radius 3 is 1.12 bits per heavy atom. The van der Waals surface area contributed by atoms with E-state index in [1.807, 2.05) is 22.7 Å². The minimum absolute atomic E-state index is 0.526. The van der Waals surface area contributed by atoms with Gasteiger partial charge in [0.1, 0.15) is 0 Å². The Labute approximate surface area is 400 Å². The maximum atomic E-state index is 3.91. The molecule has 0 nitrogen and oxygen atoms in total. The zero-order valence-electron chi connectivity index (χ0n) is 38.5. The number of thiophene rings is 4. The maximum absolute atomic E-state index is 3.91. The Balaban J connectivity index is 1.52. The van der Waals surface area contributed by atoms with Gasteiger partial charge in [-0.05, 0) is 131 Å². The van der Waals surface area contributed by atoms with E-state index in [4.69, 9.17) is 0 Å². The van der Waals surface area contributed by atoms with E-state index in [0.717, 1.165) is 0 Å². The number of unbranched alkanes of at least 4 members (excludes halogenated alkanes) is 18. The molecule has 0 bridgehead atoms. The van der Waals surface area contributed by atoms with Crippen molar-refractivity contribution in [2.24, 2.45) is 0 Å². The predicted octanol–water partition coefficient (Wildman–Crippen LogP) is 21.8. The van der Waals surface area contributed by atoms with Gasteiger partial charge in [0, 0.05) is 38.6 Å². The van der Waals surface area contributed by atoms with Crippen LogP contribution in [-0.2, 0) is 12.8 Å². The number of rotatable bonds is 32. The van der Waals surface area contributed by atoms with E-state index in [9.17, 15) is 0 Å². The lowest BCUT2D eigenvalue weighted by atomic mass is 9.91. The lowest BCUT2D eigenvalue weighted by Gasteiger charge is -2.17. The van der Waals surface area contributed by atoms with Gasteiger partial charge in [0.05, 0.1) is 0 Å². The van der Waals surface area contributed by atoms with Crippen molar-refractivity contribution >= 4 is 97.4 Å². The highest BCUT2D eigenvalue weighted by molar-refractivity contribution is 9.09. The summed E-state index contributed by atoms with van der Waals surface area (Å²) < 4.78 is 3.21. The summed E-state index contributed by atoms with van der Waals surface area (Å²) in [5, 5.41) is 7.91. The first-order valence-electron chi connectivity index (χ1n) is 24.7. The molecule has 334 valence electrons. The molecule has 6 heteroatoms. The molecule has 0 aliphatic carbocycles. The molecule has 60 heavy (non-hydrogen) atoms.